The summed E-state index contributed by atoms with van der Waals surface area (Å²) in [4.78, 5) is 0. The van der Waals surface area contributed by atoms with E-state index in [1.165, 1.54) is 22.3 Å². The Labute approximate surface area is 103 Å². The molecule has 0 saturated carbocycles. The minimum absolute atomic E-state index is 0.870. The summed E-state index contributed by atoms with van der Waals surface area (Å²) < 4.78 is 0. The lowest BCUT2D eigenvalue weighted by molar-refractivity contribution is 1.16. The first-order valence-corrected chi connectivity index (χ1v) is 5.97. The first-order chi connectivity index (χ1) is 8.04. The van der Waals surface area contributed by atoms with Crippen LogP contribution in [0.2, 0.25) is 0 Å². The molecule has 2 rings (SSSR count). The molecule has 0 aliphatic heterocycles. The topological polar surface area (TPSA) is 26.0 Å². The van der Waals surface area contributed by atoms with Gasteiger partial charge >= 0.3 is 0 Å². The normalized spacial score (nSPS) is 10.5. The van der Waals surface area contributed by atoms with Gasteiger partial charge in [-0.2, -0.15) is 0 Å². The minimum Gasteiger partial charge on any atom is -0.399 e. The van der Waals surface area contributed by atoms with Crippen molar-refractivity contribution in [3.05, 3.63) is 64.2 Å². The molecule has 2 N–H and O–H groups in total. The highest BCUT2D eigenvalue weighted by molar-refractivity contribution is 5.48. The summed E-state index contributed by atoms with van der Waals surface area (Å²) in [6.07, 6.45) is 0.976. The molecule has 1 nitrogen and oxygen atoms in total. The molecule has 0 aromatic heterocycles. The third-order valence-corrected chi connectivity index (χ3v) is 3.02. The van der Waals surface area contributed by atoms with Crippen LogP contribution in [0.25, 0.3) is 0 Å². The Kier molecular flexibility index (Phi) is 3.19. The van der Waals surface area contributed by atoms with E-state index < -0.39 is 0 Å². The summed E-state index contributed by atoms with van der Waals surface area (Å²) in [5, 5.41) is 0. The highest BCUT2D eigenvalue weighted by Crippen LogP contribution is 2.17. The highest BCUT2D eigenvalue weighted by atomic mass is 14.5. The second kappa shape index (κ2) is 4.62. The van der Waals surface area contributed by atoms with Gasteiger partial charge in [0.25, 0.3) is 0 Å². The van der Waals surface area contributed by atoms with Gasteiger partial charge in [0, 0.05) is 5.69 Å². The molecule has 0 atom stereocenters. The van der Waals surface area contributed by atoms with Gasteiger partial charge in [-0.3, -0.25) is 0 Å². The van der Waals surface area contributed by atoms with Gasteiger partial charge in [-0.15, -0.1) is 0 Å². The molecule has 88 valence electrons. The number of nitrogen functional groups attached to an aromatic ring is 1. The summed E-state index contributed by atoms with van der Waals surface area (Å²) in [7, 11) is 0. The predicted molar refractivity (Wildman–Crippen MR) is 74.3 cm³/mol. The lowest BCUT2D eigenvalue weighted by atomic mass is 9.99. The summed E-state index contributed by atoms with van der Waals surface area (Å²) in [6, 6.07) is 13.0. The average Bonchev–Trinajstić information content (AvgIpc) is 2.22. The second-order valence-electron chi connectivity index (χ2n) is 4.86. The fourth-order valence-corrected chi connectivity index (χ4v) is 2.25. The van der Waals surface area contributed by atoms with Crippen LogP contribution in [0, 0.1) is 20.8 Å². The molecule has 17 heavy (non-hydrogen) atoms. The molecule has 0 heterocycles. The Morgan fingerprint density at radius 1 is 0.824 bits per heavy atom. The van der Waals surface area contributed by atoms with Gasteiger partial charge in [0.2, 0.25) is 0 Å². The molecule has 2 aromatic carbocycles. The molecule has 0 fully saturated rings. The number of anilines is 1. The van der Waals surface area contributed by atoms with E-state index in [9.17, 15) is 0 Å². The lowest BCUT2D eigenvalue weighted by Crippen LogP contribution is -1.94. The molecule has 0 spiro atoms. The molecule has 1 heteroatoms. The molecule has 0 saturated heterocycles. The quantitative estimate of drug-likeness (QED) is 0.773. The van der Waals surface area contributed by atoms with E-state index >= 15 is 0 Å². The Hall–Kier alpha value is -1.76. The van der Waals surface area contributed by atoms with Crippen molar-refractivity contribution >= 4 is 5.69 Å². The van der Waals surface area contributed by atoms with Crippen LogP contribution in [-0.4, -0.2) is 0 Å². The SMILES string of the molecule is Cc1cc(C)cc(Cc2ccc(N)c(C)c2)c1. The van der Waals surface area contributed by atoms with E-state index in [2.05, 4.69) is 51.1 Å². The van der Waals surface area contributed by atoms with E-state index in [0.717, 1.165) is 17.7 Å². The van der Waals surface area contributed by atoms with Crippen LogP contribution < -0.4 is 5.73 Å². The summed E-state index contributed by atoms with van der Waals surface area (Å²) in [5.41, 5.74) is 13.2. The van der Waals surface area contributed by atoms with Gasteiger partial charge in [-0.05, 0) is 49.9 Å². The second-order valence-corrected chi connectivity index (χ2v) is 4.86. The Balaban J connectivity index is 2.28. The Morgan fingerprint density at radius 3 is 2.06 bits per heavy atom. The van der Waals surface area contributed by atoms with Crippen molar-refractivity contribution in [1.29, 1.82) is 0 Å². The van der Waals surface area contributed by atoms with Crippen LogP contribution in [0.5, 0.6) is 0 Å². The van der Waals surface area contributed by atoms with Gasteiger partial charge in [0.15, 0.2) is 0 Å². The summed E-state index contributed by atoms with van der Waals surface area (Å²) in [5.74, 6) is 0. The van der Waals surface area contributed by atoms with Crippen LogP contribution in [0.3, 0.4) is 0 Å². The number of nitrogens with two attached hydrogens (primary N) is 1. The first-order valence-electron chi connectivity index (χ1n) is 5.97. The van der Waals surface area contributed by atoms with E-state index in [1.54, 1.807) is 0 Å². The molecule has 0 amide bonds. The van der Waals surface area contributed by atoms with Crippen LogP contribution in [0.15, 0.2) is 36.4 Å². The van der Waals surface area contributed by atoms with Crippen molar-refractivity contribution in [2.75, 3.05) is 5.73 Å². The number of hydrogen-bond acceptors (Lipinski definition) is 1. The van der Waals surface area contributed by atoms with Crippen molar-refractivity contribution in [2.45, 2.75) is 27.2 Å². The third kappa shape index (κ3) is 2.88. The number of hydrogen-bond donors (Lipinski definition) is 1. The summed E-state index contributed by atoms with van der Waals surface area (Å²) >= 11 is 0. The fraction of sp³-hybridized carbons (Fsp3) is 0.250. The largest absolute Gasteiger partial charge is 0.399 e. The highest BCUT2D eigenvalue weighted by Gasteiger charge is 2.00. The molecule has 0 radical (unpaired) electrons. The molecule has 2 aromatic rings. The van der Waals surface area contributed by atoms with Crippen molar-refractivity contribution in [3.8, 4) is 0 Å². The predicted octanol–water partition coefficient (Wildman–Crippen LogP) is 3.78. The third-order valence-electron chi connectivity index (χ3n) is 3.02. The van der Waals surface area contributed by atoms with Crippen LogP contribution >= 0.6 is 0 Å². The zero-order valence-corrected chi connectivity index (χ0v) is 10.7. The van der Waals surface area contributed by atoms with E-state index in [0.29, 0.717) is 0 Å². The maximum absolute atomic E-state index is 5.83. The van der Waals surface area contributed by atoms with E-state index in [-0.39, 0.29) is 0 Å². The Morgan fingerprint density at radius 2 is 1.47 bits per heavy atom. The zero-order valence-electron chi connectivity index (χ0n) is 10.7. The first kappa shape index (κ1) is 11.7. The maximum Gasteiger partial charge on any atom is 0.0343 e. The van der Waals surface area contributed by atoms with Crippen molar-refractivity contribution in [2.24, 2.45) is 0 Å². The number of rotatable bonds is 2. The molecular weight excluding hydrogens is 206 g/mol. The Bertz CT molecular complexity index is 521. The van der Waals surface area contributed by atoms with Crippen molar-refractivity contribution < 1.29 is 0 Å². The fourth-order valence-electron chi connectivity index (χ4n) is 2.25. The van der Waals surface area contributed by atoms with Gasteiger partial charge in [0.1, 0.15) is 0 Å². The molecule has 0 unspecified atom stereocenters. The monoisotopic (exact) mass is 225 g/mol. The zero-order chi connectivity index (χ0) is 12.4. The van der Waals surface area contributed by atoms with Crippen LogP contribution in [0.1, 0.15) is 27.8 Å². The van der Waals surface area contributed by atoms with Crippen LogP contribution in [0.4, 0.5) is 5.69 Å². The van der Waals surface area contributed by atoms with Gasteiger partial charge in [-0.1, -0.05) is 41.5 Å². The van der Waals surface area contributed by atoms with Crippen molar-refractivity contribution in [1.82, 2.24) is 0 Å². The average molecular weight is 225 g/mol. The van der Waals surface area contributed by atoms with E-state index in [4.69, 9.17) is 5.73 Å². The minimum atomic E-state index is 0.870. The molecule has 0 bridgehead atoms. The summed E-state index contributed by atoms with van der Waals surface area (Å²) in [6.45, 7) is 6.34. The maximum atomic E-state index is 5.83. The van der Waals surface area contributed by atoms with Crippen LogP contribution in [-0.2, 0) is 6.42 Å². The van der Waals surface area contributed by atoms with Gasteiger partial charge in [0.05, 0.1) is 0 Å². The molecular formula is C16H19N. The lowest BCUT2D eigenvalue weighted by Gasteiger charge is -2.07. The van der Waals surface area contributed by atoms with Crippen molar-refractivity contribution in [3.63, 3.8) is 0 Å². The standard InChI is InChI=1S/C16H19N/c1-11-6-12(2)8-15(7-11)10-14-4-5-16(17)13(3)9-14/h4-9H,10,17H2,1-3H3. The molecule has 0 aliphatic carbocycles. The van der Waals surface area contributed by atoms with Gasteiger partial charge in [-0.25, -0.2) is 0 Å². The number of aryl methyl sites for hydroxylation is 3. The van der Waals surface area contributed by atoms with Gasteiger partial charge < -0.3 is 5.73 Å². The number of benzene rings is 2. The molecule has 0 aliphatic rings. The smallest absolute Gasteiger partial charge is 0.0343 e. The van der Waals surface area contributed by atoms with E-state index in [1.807, 2.05) is 6.07 Å².